The molecule has 1 aliphatic rings. The molecule has 34 heavy (non-hydrogen) atoms. The summed E-state index contributed by atoms with van der Waals surface area (Å²) in [6.07, 6.45) is 0.982. The predicted octanol–water partition coefficient (Wildman–Crippen LogP) is 5.32. The van der Waals surface area contributed by atoms with Gasteiger partial charge >= 0.3 is 5.97 Å². The molecule has 7 nitrogen and oxygen atoms in total. The van der Waals surface area contributed by atoms with E-state index in [2.05, 4.69) is 0 Å². The van der Waals surface area contributed by atoms with Crippen LogP contribution in [-0.4, -0.2) is 36.5 Å². The van der Waals surface area contributed by atoms with Crippen LogP contribution in [0.4, 0.5) is 37.2 Å². The molecule has 0 saturated carbocycles. The number of halogens is 2. The number of nitrogens with one attached hydrogen (secondary N) is 1. The maximum Gasteiger partial charge on any atom is 0.335 e. The Bertz CT molecular complexity index is 1290. The van der Waals surface area contributed by atoms with E-state index in [1.807, 2.05) is 18.7 Å². The number of carboxylic acid groups (broad SMARTS) is 1. The molecule has 0 saturated heterocycles. The number of nitrogens with two attached hydrogens (primary N) is 1. The second kappa shape index (κ2) is 8.33. The van der Waals surface area contributed by atoms with Crippen LogP contribution in [0.15, 0.2) is 48.5 Å². The Labute approximate surface area is 195 Å². The molecule has 4 rings (SSSR count). The zero-order valence-electron chi connectivity index (χ0n) is 18.9. The van der Waals surface area contributed by atoms with Crippen molar-refractivity contribution >= 4 is 40.6 Å². The molecule has 0 unspecified atom stereocenters. The monoisotopic (exact) mass is 466 g/mol. The lowest BCUT2D eigenvalue weighted by Crippen LogP contribution is -2.53. The molecular weight excluding hydrogens is 442 g/mol. The molecule has 0 atom stereocenters. The summed E-state index contributed by atoms with van der Waals surface area (Å²) in [5.41, 5.74) is 7.27. The number of benzene rings is 3. The number of anilines is 5. The van der Waals surface area contributed by atoms with Gasteiger partial charge in [0.05, 0.1) is 29.6 Å². The second-order valence-electron chi connectivity index (χ2n) is 8.61. The minimum absolute atomic E-state index is 0.0460. The first-order valence-corrected chi connectivity index (χ1v) is 10.5. The van der Waals surface area contributed by atoms with Crippen molar-refractivity contribution in [1.82, 2.24) is 0 Å². The number of carboxylic acids is 1. The zero-order chi connectivity index (χ0) is 24.8. The van der Waals surface area contributed by atoms with Gasteiger partial charge in [-0.1, -0.05) is 0 Å². The van der Waals surface area contributed by atoms with Gasteiger partial charge in [-0.3, -0.25) is 0 Å². The Hall–Kier alpha value is -4.14. The van der Waals surface area contributed by atoms with Crippen molar-refractivity contribution in [1.29, 1.82) is 5.41 Å². The van der Waals surface area contributed by atoms with Crippen molar-refractivity contribution in [3.05, 3.63) is 71.3 Å². The molecule has 0 spiro atoms. The Balaban J connectivity index is 1.98. The number of rotatable bonds is 5. The van der Waals surface area contributed by atoms with E-state index in [4.69, 9.17) is 15.9 Å². The summed E-state index contributed by atoms with van der Waals surface area (Å²) >= 11 is 0. The molecule has 0 amide bonds. The average Bonchev–Trinajstić information content (AvgIpc) is 2.81. The molecule has 1 heterocycles. The lowest BCUT2D eigenvalue weighted by atomic mass is 9.92. The van der Waals surface area contributed by atoms with Gasteiger partial charge in [-0.05, 0) is 56.3 Å². The number of hydrogen-bond acceptors (Lipinski definition) is 6. The third-order valence-electron chi connectivity index (χ3n) is 5.93. The van der Waals surface area contributed by atoms with Crippen LogP contribution in [0.5, 0.6) is 5.75 Å². The quantitative estimate of drug-likeness (QED) is 0.347. The maximum atomic E-state index is 15.7. The van der Waals surface area contributed by atoms with Gasteiger partial charge in [0.1, 0.15) is 5.69 Å². The standard InChI is InChI=1S/C25H24F2N4O3/c1-25(2)13-30(16-6-4-14(5-7-16)24(32)33)23-19(10-15(12-28)22(29)21(23)27)31(25)17-8-9-18(26)20(11-17)34-3/h4-12,28H,13,29H2,1-3H3,(H,32,33). The Kier molecular flexibility index (Phi) is 5.64. The fourth-order valence-corrected chi connectivity index (χ4v) is 4.35. The van der Waals surface area contributed by atoms with Crippen LogP contribution in [0.1, 0.15) is 29.8 Å². The third kappa shape index (κ3) is 3.68. The average molecular weight is 466 g/mol. The molecule has 9 heteroatoms. The number of fused-ring (bicyclic) bond motifs is 1. The largest absolute Gasteiger partial charge is 0.494 e. The highest BCUT2D eigenvalue weighted by Gasteiger charge is 2.41. The highest BCUT2D eigenvalue weighted by Crippen LogP contribution is 2.50. The van der Waals surface area contributed by atoms with Crippen LogP contribution >= 0.6 is 0 Å². The van der Waals surface area contributed by atoms with Crippen molar-refractivity contribution in [2.45, 2.75) is 19.4 Å². The number of hydrogen-bond donors (Lipinski definition) is 3. The van der Waals surface area contributed by atoms with Gasteiger partial charge in [-0.2, -0.15) is 0 Å². The first kappa shape index (κ1) is 23.0. The maximum absolute atomic E-state index is 15.7. The van der Waals surface area contributed by atoms with Crippen LogP contribution in [0.25, 0.3) is 0 Å². The number of aromatic carboxylic acids is 1. The molecular formula is C25H24F2N4O3. The molecule has 176 valence electrons. The van der Waals surface area contributed by atoms with E-state index in [0.717, 1.165) is 6.21 Å². The van der Waals surface area contributed by atoms with Crippen molar-refractivity contribution < 1.29 is 23.4 Å². The van der Waals surface area contributed by atoms with E-state index >= 15 is 4.39 Å². The molecule has 3 aromatic carbocycles. The summed E-state index contributed by atoms with van der Waals surface area (Å²) < 4.78 is 35.0. The van der Waals surface area contributed by atoms with E-state index in [-0.39, 0.29) is 28.3 Å². The molecule has 3 aromatic rings. The van der Waals surface area contributed by atoms with E-state index in [1.54, 1.807) is 29.2 Å². The number of nitrogen functional groups attached to an aromatic ring is 1. The minimum Gasteiger partial charge on any atom is -0.494 e. The second-order valence-corrected chi connectivity index (χ2v) is 8.61. The first-order valence-electron chi connectivity index (χ1n) is 10.5. The molecule has 0 aliphatic carbocycles. The molecule has 0 aromatic heterocycles. The lowest BCUT2D eigenvalue weighted by Gasteiger charge is -2.50. The fourth-order valence-electron chi connectivity index (χ4n) is 4.35. The van der Waals surface area contributed by atoms with Crippen LogP contribution in [-0.2, 0) is 0 Å². The first-order chi connectivity index (χ1) is 16.1. The summed E-state index contributed by atoms with van der Waals surface area (Å²) in [6, 6.07) is 12.2. The van der Waals surface area contributed by atoms with Crippen LogP contribution in [0.3, 0.4) is 0 Å². The van der Waals surface area contributed by atoms with Crippen LogP contribution < -0.4 is 20.3 Å². The smallest absolute Gasteiger partial charge is 0.335 e. The zero-order valence-corrected chi connectivity index (χ0v) is 18.9. The molecule has 4 N–H and O–H groups in total. The number of carbonyl (C=O) groups is 1. The summed E-state index contributed by atoms with van der Waals surface area (Å²) in [7, 11) is 1.37. The van der Waals surface area contributed by atoms with Crippen LogP contribution in [0.2, 0.25) is 0 Å². The number of ether oxygens (including phenoxy) is 1. The summed E-state index contributed by atoms with van der Waals surface area (Å²) in [4.78, 5) is 14.9. The lowest BCUT2D eigenvalue weighted by molar-refractivity contribution is 0.0697. The number of methoxy groups -OCH3 is 1. The van der Waals surface area contributed by atoms with E-state index in [0.29, 0.717) is 23.6 Å². The number of nitrogens with zero attached hydrogens (tertiary/aromatic N) is 2. The Morgan fingerprint density at radius 3 is 2.38 bits per heavy atom. The minimum atomic E-state index is -1.06. The Morgan fingerprint density at radius 1 is 1.15 bits per heavy atom. The van der Waals surface area contributed by atoms with E-state index < -0.39 is 23.1 Å². The summed E-state index contributed by atoms with van der Waals surface area (Å²) in [5.74, 6) is -2.24. The van der Waals surface area contributed by atoms with E-state index in [1.165, 1.54) is 31.4 Å². The highest BCUT2D eigenvalue weighted by molar-refractivity contribution is 5.96. The van der Waals surface area contributed by atoms with E-state index in [9.17, 15) is 14.3 Å². The fraction of sp³-hybridized carbons (Fsp3) is 0.200. The third-order valence-corrected chi connectivity index (χ3v) is 5.93. The van der Waals surface area contributed by atoms with Gasteiger partial charge in [-0.15, -0.1) is 0 Å². The molecule has 1 aliphatic heterocycles. The van der Waals surface area contributed by atoms with Gasteiger partial charge in [0.25, 0.3) is 0 Å². The van der Waals surface area contributed by atoms with Gasteiger partial charge in [0, 0.05) is 35.8 Å². The molecule has 0 radical (unpaired) electrons. The normalized spacial score (nSPS) is 14.5. The van der Waals surface area contributed by atoms with Gasteiger partial charge in [0.15, 0.2) is 17.4 Å². The SMILES string of the molecule is COc1cc(N2c3cc(C=N)c(N)c(F)c3N(c3ccc(C(=O)O)cc3)CC2(C)C)ccc1F. The topological polar surface area (TPSA) is 103 Å². The summed E-state index contributed by atoms with van der Waals surface area (Å²) in [6.45, 7) is 4.19. The predicted molar refractivity (Wildman–Crippen MR) is 128 cm³/mol. The van der Waals surface area contributed by atoms with Gasteiger partial charge in [0.2, 0.25) is 0 Å². The molecule has 0 bridgehead atoms. The van der Waals surface area contributed by atoms with Crippen LogP contribution in [0, 0.1) is 17.0 Å². The van der Waals surface area contributed by atoms with Gasteiger partial charge < -0.3 is 30.8 Å². The molecule has 0 fully saturated rings. The van der Waals surface area contributed by atoms with Crippen molar-refractivity contribution in [3.63, 3.8) is 0 Å². The Morgan fingerprint density at radius 2 is 1.79 bits per heavy atom. The highest BCUT2D eigenvalue weighted by atomic mass is 19.1. The van der Waals surface area contributed by atoms with Gasteiger partial charge in [-0.25, -0.2) is 13.6 Å². The van der Waals surface area contributed by atoms with Crippen molar-refractivity contribution in [2.24, 2.45) is 0 Å². The van der Waals surface area contributed by atoms with Crippen molar-refractivity contribution in [3.8, 4) is 5.75 Å². The van der Waals surface area contributed by atoms with Crippen molar-refractivity contribution in [2.75, 3.05) is 29.2 Å². The summed E-state index contributed by atoms with van der Waals surface area (Å²) in [5, 5.41) is 16.9.